The van der Waals surface area contributed by atoms with Gasteiger partial charge in [0.05, 0.1) is 18.2 Å². The van der Waals surface area contributed by atoms with Crippen LogP contribution in [-0.4, -0.2) is 72.0 Å². The zero-order valence-corrected chi connectivity index (χ0v) is 13.1. The number of aliphatic hydroxyl groups is 4. The summed E-state index contributed by atoms with van der Waals surface area (Å²) in [4.78, 5) is 11.1. The molecule has 2 heterocycles. The van der Waals surface area contributed by atoms with Gasteiger partial charge in [-0.2, -0.15) is 0 Å². The lowest BCUT2D eigenvalue weighted by Gasteiger charge is -2.38. The molecule has 2 aliphatic rings. The van der Waals surface area contributed by atoms with Crippen molar-refractivity contribution in [2.24, 2.45) is 5.73 Å². The molecule has 0 aromatic heterocycles. The fourth-order valence-corrected chi connectivity index (χ4v) is 3.41. The molecular weight excluding hydrogens is 344 g/mol. The molecule has 1 saturated heterocycles. The van der Waals surface area contributed by atoms with Crippen LogP contribution in [0.3, 0.4) is 0 Å². The van der Waals surface area contributed by atoms with E-state index in [1.54, 1.807) is 12.1 Å². The smallest absolute Gasteiger partial charge is 0.266 e. The minimum absolute atomic E-state index is 0.0648. The Morgan fingerprint density at radius 1 is 1.17 bits per heavy atom. The summed E-state index contributed by atoms with van der Waals surface area (Å²) in [5.74, 6) is -0.550. The molecule has 1 unspecified atom stereocenters. The molecule has 1 amide bonds. The molecule has 0 radical (unpaired) electrons. The third-order valence-electron chi connectivity index (χ3n) is 3.60. The number of carbonyl (C=O) groups excluding carboxylic acids is 1. The van der Waals surface area contributed by atoms with Crippen molar-refractivity contribution < 1.29 is 38.4 Å². The van der Waals surface area contributed by atoms with Crippen molar-refractivity contribution in [3.05, 3.63) is 29.8 Å². The second-order valence-corrected chi connectivity index (χ2v) is 6.89. The second kappa shape index (κ2) is 7.11. The molecule has 0 spiro atoms. The van der Waals surface area contributed by atoms with Gasteiger partial charge in [0.1, 0.15) is 23.2 Å². The maximum atomic E-state index is 11.1. The number of nitrogens with one attached hydrogen (secondary N) is 1. The first kappa shape index (κ1) is 18.7. The number of aliphatic hydroxyl groups excluding tert-OH is 4. The lowest BCUT2D eigenvalue weighted by atomic mass is 9.98. The lowest BCUT2D eigenvalue weighted by Crippen LogP contribution is -2.61. The summed E-state index contributed by atoms with van der Waals surface area (Å²) in [7, 11) is -3.55. The van der Waals surface area contributed by atoms with Gasteiger partial charge in [0.25, 0.3) is 15.9 Å². The van der Waals surface area contributed by atoms with Gasteiger partial charge in [0, 0.05) is 0 Å². The molecule has 0 saturated carbocycles. The van der Waals surface area contributed by atoms with E-state index in [2.05, 4.69) is 0 Å². The van der Waals surface area contributed by atoms with E-state index >= 15 is 0 Å². The van der Waals surface area contributed by atoms with Gasteiger partial charge in [-0.15, -0.1) is 0 Å². The Morgan fingerprint density at radius 3 is 2.38 bits per heavy atom. The van der Waals surface area contributed by atoms with E-state index in [-0.39, 0.29) is 10.5 Å². The molecule has 11 heteroatoms. The highest BCUT2D eigenvalue weighted by Crippen LogP contribution is 2.21. The minimum Gasteiger partial charge on any atom is -0.394 e. The van der Waals surface area contributed by atoms with Crippen LogP contribution in [0.4, 0.5) is 0 Å². The largest absolute Gasteiger partial charge is 0.394 e. The first-order valence-electron chi connectivity index (χ1n) is 6.91. The fraction of sp³-hybridized carbons (Fsp3) is 0.462. The first-order chi connectivity index (χ1) is 11.2. The van der Waals surface area contributed by atoms with Crippen molar-refractivity contribution in [2.45, 2.75) is 35.5 Å². The summed E-state index contributed by atoms with van der Waals surface area (Å²) in [6.45, 7) is -0.470. The molecule has 1 fully saturated rings. The van der Waals surface area contributed by atoms with E-state index in [9.17, 15) is 23.4 Å². The molecule has 1 aromatic rings. The Labute approximate surface area is 137 Å². The molecule has 0 bridgehead atoms. The predicted octanol–water partition coefficient (Wildman–Crippen LogP) is -3.14. The third-order valence-corrected chi connectivity index (χ3v) is 4.99. The van der Waals surface area contributed by atoms with Gasteiger partial charge in [-0.05, 0) is 12.1 Å². The van der Waals surface area contributed by atoms with Crippen LogP contribution in [0, 0.1) is 0 Å². The monoisotopic (exact) mass is 362 g/mol. The highest BCUT2D eigenvalue weighted by atomic mass is 32.2. The quantitative estimate of drug-likeness (QED) is 0.301. The fourth-order valence-electron chi connectivity index (χ4n) is 2.24. The van der Waals surface area contributed by atoms with Crippen LogP contribution in [-0.2, 0) is 14.8 Å². The van der Waals surface area contributed by atoms with Crippen LogP contribution in [0.25, 0.3) is 0 Å². The number of benzene rings is 1. The summed E-state index contributed by atoms with van der Waals surface area (Å²) >= 11 is 0. The first-order valence-corrected chi connectivity index (χ1v) is 8.39. The van der Waals surface area contributed by atoms with Gasteiger partial charge < -0.3 is 30.9 Å². The third kappa shape index (κ3) is 3.57. The van der Waals surface area contributed by atoms with Gasteiger partial charge in [-0.25, -0.2) is 13.1 Å². The van der Waals surface area contributed by atoms with Crippen LogP contribution >= 0.6 is 0 Å². The molecule has 0 aliphatic carbocycles. The lowest BCUT2D eigenvalue weighted by molar-refractivity contribution is -0.248. The maximum absolute atomic E-state index is 11.1. The van der Waals surface area contributed by atoms with Crippen molar-refractivity contribution in [1.29, 1.82) is 0 Å². The Bertz CT molecular complexity index is 705. The van der Waals surface area contributed by atoms with Crippen molar-refractivity contribution in [3.63, 3.8) is 0 Å². The maximum Gasteiger partial charge on any atom is 0.266 e. The molecule has 24 heavy (non-hydrogen) atoms. The highest BCUT2D eigenvalue weighted by Gasteiger charge is 2.41. The Kier molecular flexibility index (Phi) is 5.55. The van der Waals surface area contributed by atoms with Crippen LogP contribution in [0.1, 0.15) is 10.4 Å². The van der Waals surface area contributed by atoms with Gasteiger partial charge in [0.15, 0.2) is 6.29 Å². The van der Waals surface area contributed by atoms with E-state index in [0.717, 1.165) is 0 Å². The number of hydrogen-bond acceptors (Lipinski definition) is 9. The van der Waals surface area contributed by atoms with E-state index in [1.165, 1.54) is 12.1 Å². The van der Waals surface area contributed by atoms with E-state index < -0.39 is 53.2 Å². The number of carbonyl (C=O) groups is 1. The molecule has 5 atom stereocenters. The van der Waals surface area contributed by atoms with Gasteiger partial charge in [-0.3, -0.25) is 4.79 Å². The van der Waals surface area contributed by atoms with Gasteiger partial charge in [0.2, 0.25) is 0 Å². The number of amides is 1. The van der Waals surface area contributed by atoms with Crippen LogP contribution < -0.4 is 10.5 Å². The second-order valence-electron chi connectivity index (χ2n) is 5.24. The SMILES string of the molecule is N[C@H]1C(O)O[C@H](CO)[C@@H](O)[C@@H]1O.O=C1NS(=O)(=O)c2ccccc21. The van der Waals surface area contributed by atoms with Crippen molar-refractivity contribution >= 4 is 15.9 Å². The highest BCUT2D eigenvalue weighted by molar-refractivity contribution is 7.90. The van der Waals surface area contributed by atoms with Crippen LogP contribution in [0.5, 0.6) is 0 Å². The number of sulfonamides is 1. The molecule has 3 rings (SSSR count). The summed E-state index contributed by atoms with van der Waals surface area (Å²) in [5, 5.41) is 36.1. The number of nitrogens with two attached hydrogens (primary N) is 1. The number of hydrogen-bond donors (Lipinski definition) is 6. The zero-order chi connectivity index (χ0) is 18.1. The average molecular weight is 362 g/mol. The standard InChI is InChI=1S/C7H5NO3S.C6H13NO5/c9-7-5-3-1-2-4-6(5)12(10,11)8-7;7-3-5(10)4(9)2(1-8)12-6(3)11/h1-4H,(H,8,9);2-6,8-11H,1,7H2/t;2-,3-,4-,5-,6?/m.1/s1. The summed E-state index contributed by atoms with van der Waals surface area (Å²) in [6, 6.07) is 5.05. The van der Waals surface area contributed by atoms with Crippen LogP contribution in [0.15, 0.2) is 29.2 Å². The Balaban J connectivity index is 0.000000174. The zero-order valence-electron chi connectivity index (χ0n) is 12.3. The van der Waals surface area contributed by atoms with E-state index in [1.807, 2.05) is 4.72 Å². The summed E-state index contributed by atoms with van der Waals surface area (Å²) < 4.78 is 28.9. The molecule has 7 N–H and O–H groups in total. The van der Waals surface area contributed by atoms with E-state index in [0.29, 0.717) is 0 Å². The van der Waals surface area contributed by atoms with Gasteiger partial charge >= 0.3 is 0 Å². The van der Waals surface area contributed by atoms with E-state index in [4.69, 9.17) is 20.7 Å². The number of rotatable bonds is 1. The van der Waals surface area contributed by atoms with Crippen LogP contribution in [0.2, 0.25) is 0 Å². The number of ether oxygens (including phenoxy) is 1. The Morgan fingerprint density at radius 2 is 1.79 bits per heavy atom. The topological polar surface area (TPSA) is 179 Å². The Hall–Kier alpha value is -1.60. The normalized spacial score (nSPS) is 33.9. The molecular formula is C13H18N2O8S. The van der Waals surface area contributed by atoms with Crippen molar-refractivity contribution in [3.8, 4) is 0 Å². The number of fused-ring (bicyclic) bond motifs is 1. The summed E-state index contributed by atoms with van der Waals surface area (Å²) in [5.41, 5.74) is 5.48. The minimum atomic E-state index is -3.55. The van der Waals surface area contributed by atoms with Crippen molar-refractivity contribution in [2.75, 3.05) is 6.61 Å². The predicted molar refractivity (Wildman–Crippen MR) is 79.0 cm³/mol. The summed E-state index contributed by atoms with van der Waals surface area (Å²) in [6.07, 6.45) is -4.85. The molecule has 2 aliphatic heterocycles. The van der Waals surface area contributed by atoms with Crippen molar-refractivity contribution in [1.82, 2.24) is 4.72 Å². The molecule has 134 valence electrons. The molecule has 10 nitrogen and oxygen atoms in total. The van der Waals surface area contributed by atoms with Gasteiger partial charge in [-0.1, -0.05) is 12.1 Å². The average Bonchev–Trinajstić information content (AvgIpc) is 2.79. The molecule has 1 aromatic carbocycles.